The minimum atomic E-state index is -0.884. The van der Waals surface area contributed by atoms with Gasteiger partial charge in [0.15, 0.2) is 0 Å². The van der Waals surface area contributed by atoms with Crippen molar-refractivity contribution in [3.05, 3.63) is 34.4 Å². The number of likely N-dealkylation sites (N-methyl/N-ethyl adjacent to an activating group) is 1. The number of nitro groups is 1. The van der Waals surface area contributed by atoms with E-state index in [-0.39, 0.29) is 12.1 Å². The fourth-order valence-electron chi connectivity index (χ4n) is 1.72. The van der Waals surface area contributed by atoms with E-state index in [2.05, 4.69) is 0 Å². The van der Waals surface area contributed by atoms with Crippen LogP contribution in [0.3, 0.4) is 0 Å². The highest BCUT2D eigenvalue weighted by atomic mass is 16.6. The summed E-state index contributed by atoms with van der Waals surface area (Å²) < 4.78 is 0. The summed E-state index contributed by atoms with van der Waals surface area (Å²) in [6.07, 6.45) is -0.00385. The Balaban J connectivity index is 2.87. The van der Waals surface area contributed by atoms with Gasteiger partial charge < -0.3 is 14.9 Å². The first-order valence-corrected chi connectivity index (χ1v) is 6.26. The van der Waals surface area contributed by atoms with Crippen molar-refractivity contribution in [3.8, 4) is 0 Å². The third-order valence-electron chi connectivity index (χ3n) is 2.82. The first kappa shape index (κ1) is 15.9. The maximum atomic E-state index is 10.8. The number of nitro benzene ring substituents is 1. The number of carboxylic acid groups (broad SMARTS) is 1. The second kappa shape index (κ2) is 7.44. The SMILES string of the molecule is CN(C)CCN(CCC(=O)O)c1cccc([N+](=O)[O-])c1. The van der Waals surface area contributed by atoms with Gasteiger partial charge >= 0.3 is 5.97 Å². The van der Waals surface area contributed by atoms with Crippen LogP contribution in [0.25, 0.3) is 0 Å². The van der Waals surface area contributed by atoms with Gasteiger partial charge in [0.25, 0.3) is 5.69 Å². The predicted molar refractivity (Wildman–Crippen MR) is 76.1 cm³/mol. The summed E-state index contributed by atoms with van der Waals surface area (Å²) in [6.45, 7) is 1.67. The number of anilines is 1. The van der Waals surface area contributed by atoms with Gasteiger partial charge in [-0.3, -0.25) is 14.9 Å². The molecule has 1 aromatic carbocycles. The normalized spacial score (nSPS) is 10.6. The number of hydrogen-bond acceptors (Lipinski definition) is 5. The van der Waals surface area contributed by atoms with E-state index in [1.54, 1.807) is 12.1 Å². The molecule has 1 rings (SSSR count). The molecule has 0 heterocycles. The van der Waals surface area contributed by atoms with Crippen molar-refractivity contribution >= 4 is 17.3 Å². The molecular weight excluding hydrogens is 262 g/mol. The Labute approximate surface area is 117 Å². The maximum absolute atomic E-state index is 10.8. The molecule has 0 saturated heterocycles. The first-order valence-electron chi connectivity index (χ1n) is 6.26. The summed E-state index contributed by atoms with van der Waals surface area (Å²) in [4.78, 5) is 24.9. The van der Waals surface area contributed by atoms with Crippen molar-refractivity contribution in [1.82, 2.24) is 4.90 Å². The number of non-ortho nitro benzene ring substituents is 1. The number of rotatable bonds is 8. The first-order chi connectivity index (χ1) is 9.40. The van der Waals surface area contributed by atoms with Crippen molar-refractivity contribution in [3.63, 3.8) is 0 Å². The Morgan fingerprint density at radius 1 is 1.30 bits per heavy atom. The van der Waals surface area contributed by atoms with E-state index in [0.717, 1.165) is 6.54 Å². The van der Waals surface area contributed by atoms with E-state index < -0.39 is 10.9 Å². The maximum Gasteiger partial charge on any atom is 0.305 e. The van der Waals surface area contributed by atoms with Crippen molar-refractivity contribution in [2.75, 3.05) is 38.6 Å². The molecule has 110 valence electrons. The predicted octanol–water partition coefficient (Wildman–Crippen LogP) is 1.44. The zero-order chi connectivity index (χ0) is 15.1. The second-order valence-corrected chi connectivity index (χ2v) is 4.71. The molecule has 20 heavy (non-hydrogen) atoms. The fourth-order valence-corrected chi connectivity index (χ4v) is 1.72. The number of benzene rings is 1. The molecule has 1 aromatic rings. The molecule has 0 bridgehead atoms. The smallest absolute Gasteiger partial charge is 0.305 e. The average Bonchev–Trinajstić information content (AvgIpc) is 2.38. The summed E-state index contributed by atoms with van der Waals surface area (Å²) in [5.74, 6) is -0.884. The molecule has 0 fully saturated rings. The summed E-state index contributed by atoms with van der Waals surface area (Å²) in [6, 6.07) is 6.25. The summed E-state index contributed by atoms with van der Waals surface area (Å²) in [5.41, 5.74) is 0.676. The lowest BCUT2D eigenvalue weighted by molar-refractivity contribution is -0.384. The van der Waals surface area contributed by atoms with E-state index in [9.17, 15) is 14.9 Å². The number of aliphatic carboxylic acids is 1. The lowest BCUT2D eigenvalue weighted by Crippen LogP contribution is -2.33. The molecule has 0 aliphatic heterocycles. The minimum absolute atomic E-state index is 0.00385. The van der Waals surface area contributed by atoms with Crippen LogP contribution in [0.2, 0.25) is 0 Å². The zero-order valence-electron chi connectivity index (χ0n) is 11.7. The Morgan fingerprint density at radius 3 is 2.55 bits per heavy atom. The van der Waals surface area contributed by atoms with E-state index in [1.807, 2.05) is 23.9 Å². The van der Waals surface area contributed by atoms with Crippen LogP contribution in [0.5, 0.6) is 0 Å². The van der Waals surface area contributed by atoms with Crippen LogP contribution >= 0.6 is 0 Å². The molecule has 0 saturated carbocycles. The molecule has 0 amide bonds. The van der Waals surface area contributed by atoms with Gasteiger partial charge in [0.2, 0.25) is 0 Å². The molecule has 7 heteroatoms. The number of hydrogen-bond donors (Lipinski definition) is 1. The van der Waals surface area contributed by atoms with Crippen molar-refractivity contribution in [2.45, 2.75) is 6.42 Å². The molecule has 0 aromatic heterocycles. The van der Waals surface area contributed by atoms with E-state index in [1.165, 1.54) is 12.1 Å². The lowest BCUT2D eigenvalue weighted by atomic mass is 10.2. The lowest BCUT2D eigenvalue weighted by Gasteiger charge is -2.25. The fraction of sp³-hybridized carbons (Fsp3) is 0.462. The Kier molecular flexibility index (Phi) is 5.92. The molecule has 0 atom stereocenters. The van der Waals surface area contributed by atoms with Gasteiger partial charge in [-0.15, -0.1) is 0 Å². The van der Waals surface area contributed by atoms with Gasteiger partial charge in [-0.25, -0.2) is 0 Å². The van der Waals surface area contributed by atoms with Gasteiger partial charge in [0.05, 0.1) is 11.3 Å². The van der Waals surface area contributed by atoms with Crippen LogP contribution in [0.1, 0.15) is 6.42 Å². The van der Waals surface area contributed by atoms with Crippen molar-refractivity contribution in [1.29, 1.82) is 0 Å². The van der Waals surface area contributed by atoms with Crippen molar-refractivity contribution < 1.29 is 14.8 Å². The molecular formula is C13H19N3O4. The van der Waals surface area contributed by atoms with Crippen LogP contribution in [-0.2, 0) is 4.79 Å². The van der Waals surface area contributed by atoms with Crippen LogP contribution in [0.4, 0.5) is 11.4 Å². The minimum Gasteiger partial charge on any atom is -0.481 e. The largest absolute Gasteiger partial charge is 0.481 e. The van der Waals surface area contributed by atoms with E-state index >= 15 is 0 Å². The highest BCUT2D eigenvalue weighted by molar-refractivity contribution is 5.67. The number of carbonyl (C=O) groups is 1. The molecule has 0 radical (unpaired) electrons. The van der Waals surface area contributed by atoms with E-state index in [0.29, 0.717) is 18.8 Å². The van der Waals surface area contributed by atoms with Gasteiger partial charge in [0.1, 0.15) is 0 Å². The topological polar surface area (TPSA) is 86.9 Å². The third-order valence-corrected chi connectivity index (χ3v) is 2.82. The van der Waals surface area contributed by atoms with Crippen LogP contribution < -0.4 is 4.90 Å². The van der Waals surface area contributed by atoms with Crippen LogP contribution in [-0.4, -0.2) is 54.6 Å². The molecule has 0 aliphatic rings. The quantitative estimate of drug-likeness (QED) is 0.573. The van der Waals surface area contributed by atoms with Gasteiger partial charge in [-0.1, -0.05) is 6.07 Å². The number of nitrogens with zero attached hydrogens (tertiary/aromatic N) is 3. The van der Waals surface area contributed by atoms with Gasteiger partial charge in [-0.2, -0.15) is 0 Å². The average molecular weight is 281 g/mol. The number of carboxylic acids is 1. The standard InChI is InChI=1S/C13H19N3O4/c1-14(2)8-9-15(7-6-13(17)18)11-4-3-5-12(10-11)16(19)20/h3-5,10H,6-9H2,1-2H3,(H,17,18). The van der Waals surface area contributed by atoms with Crippen LogP contribution in [0, 0.1) is 10.1 Å². The third kappa shape index (κ3) is 5.23. The molecule has 1 N–H and O–H groups in total. The highest BCUT2D eigenvalue weighted by Crippen LogP contribution is 2.21. The molecule has 0 unspecified atom stereocenters. The Morgan fingerprint density at radius 2 is 2.00 bits per heavy atom. The summed E-state index contributed by atoms with van der Waals surface area (Å²) >= 11 is 0. The Bertz CT molecular complexity index is 476. The monoisotopic (exact) mass is 281 g/mol. The second-order valence-electron chi connectivity index (χ2n) is 4.71. The summed E-state index contributed by atoms with van der Waals surface area (Å²) in [7, 11) is 3.84. The zero-order valence-corrected chi connectivity index (χ0v) is 11.7. The molecule has 0 spiro atoms. The molecule has 7 nitrogen and oxygen atoms in total. The van der Waals surface area contributed by atoms with E-state index in [4.69, 9.17) is 5.11 Å². The van der Waals surface area contributed by atoms with Crippen LogP contribution in [0.15, 0.2) is 24.3 Å². The Hall–Kier alpha value is -2.15. The van der Waals surface area contributed by atoms with Crippen molar-refractivity contribution in [2.24, 2.45) is 0 Å². The summed E-state index contributed by atoms with van der Waals surface area (Å²) in [5, 5.41) is 19.6. The molecule has 0 aliphatic carbocycles. The highest BCUT2D eigenvalue weighted by Gasteiger charge is 2.13. The van der Waals surface area contributed by atoms with Gasteiger partial charge in [-0.05, 0) is 20.2 Å². The van der Waals surface area contributed by atoms with Gasteiger partial charge in [0, 0.05) is 37.5 Å².